The van der Waals surface area contributed by atoms with Crippen LogP contribution in [0.2, 0.25) is 5.02 Å². The van der Waals surface area contributed by atoms with Crippen LogP contribution >= 0.6 is 27.5 Å². The normalized spacial score (nSPS) is 17.9. The van der Waals surface area contributed by atoms with Gasteiger partial charge in [0.15, 0.2) is 0 Å². The van der Waals surface area contributed by atoms with Crippen molar-refractivity contribution in [1.82, 2.24) is 0 Å². The Bertz CT molecular complexity index is 807. The zero-order valence-corrected chi connectivity index (χ0v) is 14.4. The van der Waals surface area contributed by atoms with Crippen LogP contribution in [-0.4, -0.2) is 14.5 Å². The van der Waals surface area contributed by atoms with Crippen LogP contribution in [0, 0.1) is 0 Å². The Kier molecular flexibility index (Phi) is 3.76. The standard InChI is InChI=1S/C15H13BrClNO2S/c1-10-8-11-4-2-3-5-14(11)18(10)21(19,20)15-7-6-12(16)9-13(15)17/h2-7,9-10H,8H2,1H3/t10-/m1/s1. The molecule has 0 saturated heterocycles. The molecule has 0 bridgehead atoms. The third-order valence-corrected chi connectivity index (χ3v) is 6.48. The largest absolute Gasteiger partial charge is 0.266 e. The maximum atomic E-state index is 13.0. The van der Waals surface area contributed by atoms with Crippen LogP contribution in [-0.2, 0) is 16.4 Å². The van der Waals surface area contributed by atoms with Crippen LogP contribution in [0.3, 0.4) is 0 Å². The van der Waals surface area contributed by atoms with Gasteiger partial charge in [0.25, 0.3) is 10.0 Å². The van der Waals surface area contributed by atoms with E-state index in [1.165, 1.54) is 10.4 Å². The first-order chi connectivity index (χ1) is 9.91. The fourth-order valence-electron chi connectivity index (χ4n) is 2.69. The van der Waals surface area contributed by atoms with E-state index in [2.05, 4.69) is 15.9 Å². The van der Waals surface area contributed by atoms with E-state index in [9.17, 15) is 8.42 Å². The van der Waals surface area contributed by atoms with E-state index in [-0.39, 0.29) is 16.0 Å². The van der Waals surface area contributed by atoms with Crippen molar-refractivity contribution < 1.29 is 8.42 Å². The van der Waals surface area contributed by atoms with Gasteiger partial charge in [0.2, 0.25) is 0 Å². The summed E-state index contributed by atoms with van der Waals surface area (Å²) in [6.07, 6.45) is 0.712. The highest BCUT2D eigenvalue weighted by Crippen LogP contribution is 2.38. The Morgan fingerprint density at radius 2 is 1.95 bits per heavy atom. The summed E-state index contributed by atoms with van der Waals surface area (Å²) in [4.78, 5) is 0.135. The number of hydrogen-bond donors (Lipinski definition) is 0. The molecule has 0 N–H and O–H groups in total. The minimum atomic E-state index is -3.67. The van der Waals surface area contributed by atoms with E-state index in [0.717, 1.165) is 15.7 Å². The molecule has 0 fully saturated rings. The highest BCUT2D eigenvalue weighted by molar-refractivity contribution is 9.10. The molecule has 110 valence electrons. The summed E-state index contributed by atoms with van der Waals surface area (Å²) in [7, 11) is -3.67. The summed E-state index contributed by atoms with van der Waals surface area (Å²) in [6.45, 7) is 1.91. The van der Waals surface area contributed by atoms with Crippen LogP contribution in [0.1, 0.15) is 12.5 Å². The summed E-state index contributed by atoms with van der Waals surface area (Å²) in [5.74, 6) is 0. The van der Waals surface area contributed by atoms with Crippen LogP contribution in [0.4, 0.5) is 5.69 Å². The van der Waals surface area contributed by atoms with Gasteiger partial charge < -0.3 is 0 Å². The lowest BCUT2D eigenvalue weighted by Crippen LogP contribution is -2.35. The molecule has 3 rings (SSSR count). The van der Waals surface area contributed by atoms with E-state index in [1.54, 1.807) is 12.1 Å². The van der Waals surface area contributed by atoms with Crippen molar-refractivity contribution >= 4 is 43.2 Å². The van der Waals surface area contributed by atoms with Crippen molar-refractivity contribution in [3.8, 4) is 0 Å². The molecule has 6 heteroatoms. The average molecular weight is 387 g/mol. The van der Waals surface area contributed by atoms with Gasteiger partial charge in [-0.1, -0.05) is 45.7 Å². The van der Waals surface area contributed by atoms with E-state index in [1.807, 2.05) is 31.2 Å². The Labute approximate surface area is 137 Å². The number of nitrogens with zero attached hydrogens (tertiary/aromatic N) is 1. The Hall–Kier alpha value is -1.04. The maximum absolute atomic E-state index is 13.0. The maximum Gasteiger partial charge on any atom is 0.266 e. The number of sulfonamides is 1. The van der Waals surface area contributed by atoms with Gasteiger partial charge in [-0.05, 0) is 43.2 Å². The molecule has 21 heavy (non-hydrogen) atoms. The van der Waals surface area contributed by atoms with Crippen molar-refractivity contribution in [3.05, 3.63) is 57.5 Å². The summed E-state index contributed by atoms with van der Waals surface area (Å²) >= 11 is 9.42. The fourth-order valence-corrected chi connectivity index (χ4v) is 5.40. The molecule has 0 unspecified atom stereocenters. The van der Waals surface area contributed by atoms with Crippen molar-refractivity contribution in [1.29, 1.82) is 0 Å². The highest BCUT2D eigenvalue weighted by Gasteiger charge is 2.36. The van der Waals surface area contributed by atoms with Gasteiger partial charge in [0.1, 0.15) is 4.90 Å². The van der Waals surface area contributed by atoms with E-state index >= 15 is 0 Å². The molecule has 0 aliphatic carbocycles. The molecule has 0 amide bonds. The lowest BCUT2D eigenvalue weighted by Gasteiger charge is -2.25. The van der Waals surface area contributed by atoms with Crippen molar-refractivity contribution in [2.45, 2.75) is 24.3 Å². The molecule has 0 aromatic heterocycles. The second-order valence-corrected chi connectivity index (χ2v) is 8.16. The van der Waals surface area contributed by atoms with Crippen molar-refractivity contribution in [2.24, 2.45) is 0 Å². The Morgan fingerprint density at radius 3 is 2.67 bits per heavy atom. The first-order valence-corrected chi connectivity index (χ1v) is 9.10. The van der Waals surface area contributed by atoms with Crippen molar-refractivity contribution in [2.75, 3.05) is 4.31 Å². The lowest BCUT2D eigenvalue weighted by molar-refractivity contribution is 0.584. The Balaban J connectivity index is 2.15. The monoisotopic (exact) mass is 385 g/mol. The number of para-hydroxylation sites is 1. The minimum Gasteiger partial charge on any atom is -0.263 e. The molecule has 3 nitrogen and oxygen atoms in total. The average Bonchev–Trinajstić information content (AvgIpc) is 2.74. The van der Waals surface area contributed by atoms with Gasteiger partial charge in [-0.3, -0.25) is 4.31 Å². The molecular weight excluding hydrogens is 374 g/mol. The summed E-state index contributed by atoms with van der Waals surface area (Å²) in [5.41, 5.74) is 1.78. The second kappa shape index (κ2) is 5.30. The third-order valence-electron chi connectivity index (χ3n) is 3.58. The van der Waals surface area contributed by atoms with Gasteiger partial charge in [-0.15, -0.1) is 0 Å². The number of hydrogen-bond acceptors (Lipinski definition) is 2. The quantitative estimate of drug-likeness (QED) is 0.774. The van der Waals surface area contributed by atoms with Crippen LogP contribution in [0.15, 0.2) is 51.8 Å². The smallest absolute Gasteiger partial charge is 0.263 e. The predicted molar refractivity (Wildman–Crippen MR) is 88.4 cm³/mol. The van der Waals surface area contributed by atoms with Gasteiger partial charge in [-0.25, -0.2) is 8.42 Å². The predicted octanol–water partition coefficient (Wildman–Crippen LogP) is 4.24. The summed E-state index contributed by atoms with van der Waals surface area (Å²) < 4.78 is 28.2. The van der Waals surface area contributed by atoms with E-state index < -0.39 is 10.0 Å². The van der Waals surface area contributed by atoms with E-state index in [0.29, 0.717) is 6.42 Å². The fraction of sp³-hybridized carbons (Fsp3) is 0.200. The molecule has 1 aliphatic rings. The van der Waals surface area contributed by atoms with Crippen LogP contribution < -0.4 is 4.31 Å². The third kappa shape index (κ3) is 2.47. The molecule has 2 aromatic carbocycles. The topological polar surface area (TPSA) is 37.4 Å². The minimum absolute atomic E-state index is 0.118. The summed E-state index contributed by atoms with van der Waals surface area (Å²) in [6, 6.07) is 12.3. The van der Waals surface area contributed by atoms with E-state index in [4.69, 9.17) is 11.6 Å². The molecule has 0 radical (unpaired) electrons. The van der Waals surface area contributed by atoms with Gasteiger partial charge in [0.05, 0.1) is 10.7 Å². The molecule has 1 atom stereocenters. The van der Waals surface area contributed by atoms with Gasteiger partial charge in [0, 0.05) is 10.5 Å². The SMILES string of the molecule is C[C@@H]1Cc2ccccc2N1S(=O)(=O)c1ccc(Br)cc1Cl. The number of halogens is 2. The molecule has 0 spiro atoms. The Morgan fingerprint density at radius 1 is 1.24 bits per heavy atom. The first kappa shape index (κ1) is 14.9. The van der Waals surface area contributed by atoms with Crippen LogP contribution in [0.5, 0.6) is 0 Å². The van der Waals surface area contributed by atoms with Gasteiger partial charge in [-0.2, -0.15) is 0 Å². The molecule has 1 heterocycles. The molecule has 1 aliphatic heterocycles. The zero-order valence-electron chi connectivity index (χ0n) is 11.3. The first-order valence-electron chi connectivity index (χ1n) is 6.48. The number of fused-ring (bicyclic) bond motifs is 1. The second-order valence-electron chi connectivity index (χ2n) is 5.06. The number of rotatable bonds is 2. The molecule has 0 saturated carbocycles. The van der Waals surface area contributed by atoms with Gasteiger partial charge >= 0.3 is 0 Å². The lowest BCUT2D eigenvalue weighted by atomic mass is 10.1. The number of benzene rings is 2. The number of anilines is 1. The molecular formula is C15H13BrClNO2S. The van der Waals surface area contributed by atoms with Crippen LogP contribution in [0.25, 0.3) is 0 Å². The zero-order chi connectivity index (χ0) is 15.2. The van der Waals surface area contributed by atoms with Crippen molar-refractivity contribution in [3.63, 3.8) is 0 Å². The summed E-state index contributed by atoms with van der Waals surface area (Å²) in [5, 5.41) is 0.223. The molecule has 2 aromatic rings. The highest BCUT2D eigenvalue weighted by atomic mass is 79.9.